The predicted octanol–water partition coefficient (Wildman–Crippen LogP) is -0.711. The lowest BCUT2D eigenvalue weighted by Crippen LogP contribution is -2.30. The van der Waals surface area contributed by atoms with E-state index in [1.807, 2.05) is 6.07 Å². The van der Waals surface area contributed by atoms with Crippen LogP contribution in [0.5, 0.6) is 0 Å². The van der Waals surface area contributed by atoms with E-state index in [-0.39, 0.29) is 12.4 Å². The van der Waals surface area contributed by atoms with E-state index in [1.54, 1.807) is 18.2 Å². The van der Waals surface area contributed by atoms with Crippen molar-refractivity contribution in [3.05, 3.63) is 29.8 Å². The first-order chi connectivity index (χ1) is 5.74. The number of hydrogen-bond acceptors (Lipinski definition) is 3. The van der Waals surface area contributed by atoms with E-state index in [1.165, 1.54) is 0 Å². The highest BCUT2D eigenvalue weighted by atomic mass is 35.5. The summed E-state index contributed by atoms with van der Waals surface area (Å²) in [6, 6.07) is 7.13. The fraction of sp³-hybridized carbons (Fsp3) is 0.250. The highest BCUT2D eigenvalue weighted by Gasteiger charge is 2.09. The summed E-state index contributed by atoms with van der Waals surface area (Å²) in [7, 11) is -1.39. The molecular weight excluding hydrogens is 188 g/mol. The standard InChI is InChI=1S/C8H12BNO2.ClH/c10-5-4-7-2-1-3-8(6-7)9(11)12;/h1-3,6,11-12H,4-5,10H2;1H. The molecule has 0 atom stereocenters. The van der Waals surface area contributed by atoms with Gasteiger partial charge in [-0.1, -0.05) is 24.3 Å². The molecule has 0 fully saturated rings. The molecule has 0 aliphatic carbocycles. The Morgan fingerprint density at radius 1 is 1.31 bits per heavy atom. The van der Waals surface area contributed by atoms with Crippen LogP contribution in [0.4, 0.5) is 0 Å². The van der Waals surface area contributed by atoms with E-state index in [0.717, 1.165) is 12.0 Å². The SMILES string of the molecule is Cl.NCCc1cccc(B(O)O)c1. The summed E-state index contributed by atoms with van der Waals surface area (Å²) < 4.78 is 0. The monoisotopic (exact) mass is 201 g/mol. The number of nitrogens with two attached hydrogens (primary N) is 1. The molecule has 0 saturated carbocycles. The molecule has 72 valence electrons. The number of hydrogen-bond donors (Lipinski definition) is 3. The Morgan fingerprint density at radius 3 is 2.54 bits per heavy atom. The molecule has 1 aromatic carbocycles. The Morgan fingerprint density at radius 2 is 2.00 bits per heavy atom. The van der Waals surface area contributed by atoms with Crippen LogP contribution in [-0.4, -0.2) is 23.7 Å². The number of rotatable bonds is 3. The van der Waals surface area contributed by atoms with Gasteiger partial charge in [-0.05, 0) is 24.0 Å². The van der Waals surface area contributed by atoms with Gasteiger partial charge in [-0.3, -0.25) is 0 Å². The Balaban J connectivity index is 0.00000144. The topological polar surface area (TPSA) is 66.5 Å². The lowest BCUT2D eigenvalue weighted by atomic mass is 9.79. The van der Waals surface area contributed by atoms with Crippen LogP contribution in [0.1, 0.15) is 5.56 Å². The Kier molecular flexibility index (Phi) is 5.74. The summed E-state index contributed by atoms with van der Waals surface area (Å²) in [4.78, 5) is 0. The largest absolute Gasteiger partial charge is 0.488 e. The zero-order valence-corrected chi connectivity index (χ0v) is 8.00. The number of benzene rings is 1. The van der Waals surface area contributed by atoms with Crippen LogP contribution < -0.4 is 11.2 Å². The normalized spacial score (nSPS) is 9.15. The minimum Gasteiger partial charge on any atom is -0.423 e. The molecule has 1 rings (SSSR count). The van der Waals surface area contributed by atoms with Crippen LogP contribution in [-0.2, 0) is 6.42 Å². The average Bonchev–Trinajstić information content (AvgIpc) is 2.05. The molecule has 0 amide bonds. The summed E-state index contributed by atoms with van der Waals surface area (Å²) in [5.41, 5.74) is 6.91. The van der Waals surface area contributed by atoms with E-state index >= 15 is 0 Å². The molecule has 0 saturated heterocycles. The summed E-state index contributed by atoms with van der Waals surface area (Å²) in [6.45, 7) is 0.574. The fourth-order valence-corrected chi connectivity index (χ4v) is 1.08. The van der Waals surface area contributed by atoms with Crippen molar-refractivity contribution in [2.75, 3.05) is 6.54 Å². The van der Waals surface area contributed by atoms with Crippen molar-refractivity contribution in [1.82, 2.24) is 0 Å². The van der Waals surface area contributed by atoms with Crippen LogP contribution in [0.2, 0.25) is 0 Å². The quantitative estimate of drug-likeness (QED) is 0.566. The molecule has 0 heterocycles. The van der Waals surface area contributed by atoms with Crippen LogP contribution >= 0.6 is 12.4 Å². The summed E-state index contributed by atoms with van der Waals surface area (Å²) >= 11 is 0. The van der Waals surface area contributed by atoms with E-state index in [9.17, 15) is 0 Å². The van der Waals surface area contributed by atoms with Crippen molar-refractivity contribution in [3.8, 4) is 0 Å². The van der Waals surface area contributed by atoms with Gasteiger partial charge >= 0.3 is 7.12 Å². The molecule has 0 unspecified atom stereocenters. The molecule has 0 spiro atoms. The molecular formula is C8H13BClNO2. The van der Waals surface area contributed by atoms with Gasteiger partial charge in [-0.2, -0.15) is 0 Å². The molecule has 13 heavy (non-hydrogen) atoms. The smallest absolute Gasteiger partial charge is 0.423 e. The molecule has 0 radical (unpaired) electrons. The van der Waals surface area contributed by atoms with Crippen LogP contribution in [0, 0.1) is 0 Å². The first kappa shape index (κ1) is 12.5. The van der Waals surface area contributed by atoms with Gasteiger partial charge in [0.2, 0.25) is 0 Å². The average molecular weight is 201 g/mol. The third-order valence-electron chi connectivity index (χ3n) is 1.68. The molecule has 0 aliphatic heterocycles. The lowest BCUT2D eigenvalue weighted by Gasteiger charge is -2.02. The minimum absolute atomic E-state index is 0. The first-order valence-corrected chi connectivity index (χ1v) is 3.89. The van der Waals surface area contributed by atoms with Crippen molar-refractivity contribution in [2.45, 2.75) is 6.42 Å². The molecule has 1 aromatic rings. The van der Waals surface area contributed by atoms with Gasteiger partial charge < -0.3 is 15.8 Å². The predicted molar refractivity (Wildman–Crippen MR) is 56.3 cm³/mol. The van der Waals surface area contributed by atoms with Gasteiger partial charge in [-0.15, -0.1) is 12.4 Å². The lowest BCUT2D eigenvalue weighted by molar-refractivity contribution is 0.425. The number of halogens is 1. The van der Waals surface area contributed by atoms with E-state index in [0.29, 0.717) is 12.0 Å². The van der Waals surface area contributed by atoms with Gasteiger partial charge in [0.25, 0.3) is 0 Å². The maximum atomic E-state index is 8.84. The molecule has 0 aliphatic rings. The summed E-state index contributed by atoms with van der Waals surface area (Å²) in [5, 5.41) is 17.7. The zero-order valence-electron chi connectivity index (χ0n) is 7.18. The third-order valence-corrected chi connectivity index (χ3v) is 1.68. The van der Waals surface area contributed by atoms with E-state index < -0.39 is 7.12 Å². The highest BCUT2D eigenvalue weighted by Crippen LogP contribution is 1.96. The van der Waals surface area contributed by atoms with Crippen LogP contribution in [0.25, 0.3) is 0 Å². The summed E-state index contributed by atoms with van der Waals surface area (Å²) in [6.07, 6.45) is 0.764. The maximum absolute atomic E-state index is 8.84. The summed E-state index contributed by atoms with van der Waals surface area (Å²) in [5.74, 6) is 0. The van der Waals surface area contributed by atoms with Gasteiger partial charge in [0, 0.05) is 0 Å². The van der Waals surface area contributed by atoms with Gasteiger partial charge in [0.05, 0.1) is 0 Å². The Labute approximate surface area is 84.1 Å². The van der Waals surface area contributed by atoms with Crippen LogP contribution in [0.3, 0.4) is 0 Å². The highest BCUT2D eigenvalue weighted by molar-refractivity contribution is 6.58. The minimum atomic E-state index is -1.39. The van der Waals surface area contributed by atoms with Crippen molar-refractivity contribution in [1.29, 1.82) is 0 Å². The van der Waals surface area contributed by atoms with E-state index in [2.05, 4.69) is 0 Å². The Bertz CT molecular complexity index is 258. The second kappa shape index (κ2) is 5.99. The second-order valence-electron chi connectivity index (χ2n) is 2.66. The van der Waals surface area contributed by atoms with Crippen molar-refractivity contribution >= 4 is 25.0 Å². The Hall–Kier alpha value is -0.545. The van der Waals surface area contributed by atoms with Crippen molar-refractivity contribution < 1.29 is 10.0 Å². The van der Waals surface area contributed by atoms with Crippen LogP contribution in [0.15, 0.2) is 24.3 Å². The fourth-order valence-electron chi connectivity index (χ4n) is 1.08. The van der Waals surface area contributed by atoms with Gasteiger partial charge in [0.15, 0.2) is 0 Å². The zero-order chi connectivity index (χ0) is 8.97. The molecule has 0 aromatic heterocycles. The first-order valence-electron chi connectivity index (χ1n) is 3.89. The molecule has 5 heteroatoms. The van der Waals surface area contributed by atoms with Gasteiger partial charge in [0.1, 0.15) is 0 Å². The molecule has 3 nitrogen and oxygen atoms in total. The van der Waals surface area contributed by atoms with E-state index in [4.69, 9.17) is 15.8 Å². The van der Waals surface area contributed by atoms with Crippen molar-refractivity contribution in [2.24, 2.45) is 5.73 Å². The van der Waals surface area contributed by atoms with Gasteiger partial charge in [-0.25, -0.2) is 0 Å². The second-order valence-corrected chi connectivity index (χ2v) is 2.66. The maximum Gasteiger partial charge on any atom is 0.488 e. The molecule has 4 N–H and O–H groups in total. The van der Waals surface area contributed by atoms with Crippen molar-refractivity contribution in [3.63, 3.8) is 0 Å². The molecule has 0 bridgehead atoms. The third kappa shape index (κ3) is 3.78.